The van der Waals surface area contributed by atoms with Crippen LogP contribution in [-0.2, 0) is 0 Å². The van der Waals surface area contributed by atoms with E-state index in [0.717, 1.165) is 0 Å². The van der Waals surface area contributed by atoms with Crippen LogP contribution in [0.2, 0.25) is 0 Å². The Bertz CT molecular complexity index is 542. The topological polar surface area (TPSA) is 70.1 Å². The highest BCUT2D eigenvalue weighted by atomic mass is 19.1. The number of nitrogens with two attached hydrogens (primary N) is 1. The van der Waals surface area contributed by atoms with Gasteiger partial charge in [-0.25, -0.2) is 4.39 Å². The number of carbonyl (C=O) groups excluding carboxylic acids is 1. The van der Waals surface area contributed by atoms with E-state index in [2.05, 4.69) is 0 Å². The van der Waals surface area contributed by atoms with Gasteiger partial charge in [-0.15, -0.1) is 0 Å². The summed E-state index contributed by atoms with van der Waals surface area (Å²) in [5, 5.41) is 8.89. The molecule has 0 saturated heterocycles. The summed E-state index contributed by atoms with van der Waals surface area (Å²) in [5.41, 5.74) is 7.06. The summed E-state index contributed by atoms with van der Waals surface area (Å²) in [6.07, 6.45) is 0.496. The highest BCUT2D eigenvalue weighted by Crippen LogP contribution is 2.16. The van der Waals surface area contributed by atoms with Crippen molar-refractivity contribution < 1.29 is 9.18 Å². The fourth-order valence-electron chi connectivity index (χ4n) is 1.83. The summed E-state index contributed by atoms with van der Waals surface area (Å²) in [6, 6.07) is 7.36. The molecule has 1 aromatic rings. The van der Waals surface area contributed by atoms with Gasteiger partial charge in [-0.1, -0.05) is 0 Å². The summed E-state index contributed by atoms with van der Waals surface area (Å²) >= 11 is 0. The van der Waals surface area contributed by atoms with Crippen LogP contribution < -0.4 is 5.73 Å². The van der Waals surface area contributed by atoms with Crippen LogP contribution in [0.25, 0.3) is 0 Å². The third kappa shape index (κ3) is 2.33. The van der Waals surface area contributed by atoms with Crippen molar-refractivity contribution in [3.05, 3.63) is 46.9 Å². The van der Waals surface area contributed by atoms with Gasteiger partial charge in [0.25, 0.3) is 5.91 Å². The number of hydrogen-bond acceptors (Lipinski definition) is 3. The van der Waals surface area contributed by atoms with E-state index < -0.39 is 0 Å². The molecule has 0 aromatic heterocycles. The van der Waals surface area contributed by atoms with Gasteiger partial charge in [-0.05, 0) is 24.3 Å². The predicted molar refractivity (Wildman–Crippen MR) is 63.7 cm³/mol. The van der Waals surface area contributed by atoms with Gasteiger partial charge >= 0.3 is 0 Å². The number of hydrogen-bond donors (Lipinski definition) is 1. The van der Waals surface area contributed by atoms with Crippen LogP contribution in [0.4, 0.5) is 4.39 Å². The quantitative estimate of drug-likeness (QED) is 0.813. The van der Waals surface area contributed by atoms with E-state index in [1.807, 2.05) is 6.07 Å². The van der Waals surface area contributed by atoms with E-state index in [0.29, 0.717) is 29.8 Å². The zero-order valence-corrected chi connectivity index (χ0v) is 9.69. The molecule has 1 amide bonds. The molecule has 0 aliphatic carbocycles. The number of rotatable bonds is 1. The SMILES string of the molecule is N#CC1=C(N)CCN(C(=O)c2ccc(F)cc2)C1. The van der Waals surface area contributed by atoms with Crippen molar-refractivity contribution in [1.82, 2.24) is 4.90 Å². The molecule has 2 rings (SSSR count). The molecule has 0 atom stereocenters. The summed E-state index contributed by atoms with van der Waals surface area (Å²) in [4.78, 5) is 13.7. The van der Waals surface area contributed by atoms with Crippen LogP contribution >= 0.6 is 0 Å². The number of halogens is 1. The molecule has 0 bridgehead atoms. The molecule has 1 aliphatic rings. The van der Waals surface area contributed by atoms with E-state index in [4.69, 9.17) is 11.0 Å². The fraction of sp³-hybridized carbons (Fsp3) is 0.231. The van der Waals surface area contributed by atoms with Gasteiger partial charge in [0.1, 0.15) is 5.82 Å². The molecule has 0 spiro atoms. The van der Waals surface area contributed by atoms with E-state index in [1.165, 1.54) is 24.3 Å². The van der Waals surface area contributed by atoms with Crippen molar-refractivity contribution in [2.45, 2.75) is 6.42 Å². The number of benzene rings is 1. The molecule has 1 aromatic carbocycles. The second-order valence-electron chi connectivity index (χ2n) is 4.10. The number of amides is 1. The second-order valence-corrected chi connectivity index (χ2v) is 4.10. The van der Waals surface area contributed by atoms with Gasteiger partial charge in [0.15, 0.2) is 0 Å². The van der Waals surface area contributed by atoms with Crippen molar-refractivity contribution in [3.8, 4) is 6.07 Å². The van der Waals surface area contributed by atoms with Gasteiger partial charge in [0.2, 0.25) is 0 Å². The first-order chi connectivity index (χ1) is 8.61. The van der Waals surface area contributed by atoms with Crippen molar-refractivity contribution in [2.75, 3.05) is 13.1 Å². The molecule has 1 heterocycles. The third-order valence-corrected chi connectivity index (χ3v) is 2.90. The highest BCUT2D eigenvalue weighted by Gasteiger charge is 2.22. The zero-order chi connectivity index (χ0) is 13.1. The van der Waals surface area contributed by atoms with E-state index in [-0.39, 0.29) is 18.3 Å². The molecule has 18 heavy (non-hydrogen) atoms. The monoisotopic (exact) mass is 245 g/mol. The van der Waals surface area contributed by atoms with Gasteiger partial charge in [-0.3, -0.25) is 4.79 Å². The predicted octanol–water partition coefficient (Wildman–Crippen LogP) is 1.41. The Morgan fingerprint density at radius 2 is 2.06 bits per heavy atom. The Morgan fingerprint density at radius 1 is 1.39 bits per heavy atom. The summed E-state index contributed by atoms with van der Waals surface area (Å²) in [6.45, 7) is 0.700. The second kappa shape index (κ2) is 4.88. The Kier molecular flexibility index (Phi) is 3.28. The maximum absolute atomic E-state index is 12.8. The molecule has 0 radical (unpaired) electrons. The molecule has 0 saturated carbocycles. The first-order valence-corrected chi connectivity index (χ1v) is 5.54. The van der Waals surface area contributed by atoms with Crippen molar-refractivity contribution in [1.29, 1.82) is 5.26 Å². The summed E-state index contributed by atoms with van der Waals surface area (Å²) < 4.78 is 12.8. The number of carbonyl (C=O) groups is 1. The molecule has 4 nitrogen and oxygen atoms in total. The van der Waals surface area contributed by atoms with Crippen LogP contribution in [-0.4, -0.2) is 23.9 Å². The molecular weight excluding hydrogens is 233 g/mol. The lowest BCUT2D eigenvalue weighted by Crippen LogP contribution is -2.38. The lowest BCUT2D eigenvalue weighted by molar-refractivity contribution is 0.0765. The maximum atomic E-state index is 12.8. The Balaban J connectivity index is 2.17. The zero-order valence-electron chi connectivity index (χ0n) is 9.69. The molecule has 1 aliphatic heterocycles. The number of nitrogens with zero attached hydrogens (tertiary/aromatic N) is 2. The van der Waals surface area contributed by atoms with Crippen molar-refractivity contribution in [3.63, 3.8) is 0 Å². The van der Waals surface area contributed by atoms with Gasteiger partial charge in [-0.2, -0.15) is 5.26 Å². The average Bonchev–Trinajstić information content (AvgIpc) is 2.39. The standard InChI is InChI=1S/C13H12FN3O/c14-11-3-1-9(2-4-11)13(18)17-6-5-12(16)10(7-15)8-17/h1-4H,5-6,8,16H2. The largest absolute Gasteiger partial charge is 0.401 e. The fourth-order valence-corrected chi connectivity index (χ4v) is 1.83. The smallest absolute Gasteiger partial charge is 0.254 e. The maximum Gasteiger partial charge on any atom is 0.254 e. The van der Waals surface area contributed by atoms with E-state index >= 15 is 0 Å². The first-order valence-electron chi connectivity index (χ1n) is 5.54. The normalized spacial score (nSPS) is 15.4. The van der Waals surface area contributed by atoms with Crippen LogP contribution in [0.5, 0.6) is 0 Å². The minimum atomic E-state index is -0.382. The van der Waals surface area contributed by atoms with Crippen LogP contribution in [0.15, 0.2) is 35.5 Å². The Morgan fingerprint density at radius 3 is 2.67 bits per heavy atom. The Labute approximate surface area is 104 Å². The lowest BCUT2D eigenvalue weighted by Gasteiger charge is -2.27. The molecule has 0 unspecified atom stereocenters. The van der Waals surface area contributed by atoms with E-state index in [1.54, 1.807) is 4.90 Å². The van der Waals surface area contributed by atoms with Gasteiger partial charge < -0.3 is 10.6 Å². The highest BCUT2D eigenvalue weighted by molar-refractivity contribution is 5.94. The molecule has 5 heteroatoms. The van der Waals surface area contributed by atoms with Crippen molar-refractivity contribution >= 4 is 5.91 Å². The molecule has 0 fully saturated rings. The summed E-state index contributed by atoms with van der Waals surface area (Å²) in [5.74, 6) is -0.595. The molecule has 92 valence electrons. The minimum absolute atomic E-state index is 0.213. The number of nitriles is 1. The lowest BCUT2D eigenvalue weighted by atomic mass is 10.1. The van der Waals surface area contributed by atoms with Crippen LogP contribution in [0.3, 0.4) is 0 Å². The summed E-state index contributed by atoms with van der Waals surface area (Å²) in [7, 11) is 0. The van der Waals surface area contributed by atoms with Gasteiger partial charge in [0, 0.05) is 24.2 Å². The Hall–Kier alpha value is -2.35. The first kappa shape index (κ1) is 12.1. The third-order valence-electron chi connectivity index (χ3n) is 2.90. The average molecular weight is 245 g/mol. The van der Waals surface area contributed by atoms with Gasteiger partial charge in [0.05, 0.1) is 18.2 Å². The van der Waals surface area contributed by atoms with Crippen molar-refractivity contribution in [2.24, 2.45) is 5.73 Å². The molecule has 2 N–H and O–H groups in total. The molecular formula is C13H12FN3O. The van der Waals surface area contributed by atoms with Crippen LogP contribution in [0.1, 0.15) is 16.8 Å². The van der Waals surface area contributed by atoms with Crippen LogP contribution in [0, 0.1) is 17.1 Å². The minimum Gasteiger partial charge on any atom is -0.401 e. The van der Waals surface area contributed by atoms with E-state index in [9.17, 15) is 9.18 Å².